The summed E-state index contributed by atoms with van der Waals surface area (Å²) in [5.41, 5.74) is 2.33. The summed E-state index contributed by atoms with van der Waals surface area (Å²) in [4.78, 5) is 15.1. The number of hydrogen-bond donors (Lipinski definition) is 1. The normalized spacial score (nSPS) is 20.2. The lowest BCUT2D eigenvalue weighted by molar-refractivity contribution is 0.102. The van der Waals surface area contributed by atoms with Crippen LogP contribution in [0.25, 0.3) is 0 Å². The van der Waals surface area contributed by atoms with Crippen LogP contribution in [0.4, 0.5) is 11.4 Å². The van der Waals surface area contributed by atoms with Crippen molar-refractivity contribution in [2.75, 3.05) is 36.4 Å². The third kappa shape index (κ3) is 4.31. The molecule has 2 heterocycles. The van der Waals surface area contributed by atoms with E-state index >= 15 is 0 Å². The highest BCUT2D eigenvalue weighted by Crippen LogP contribution is 2.25. The van der Waals surface area contributed by atoms with Crippen LogP contribution in [-0.2, 0) is 10.0 Å². The van der Waals surface area contributed by atoms with E-state index in [9.17, 15) is 13.2 Å². The quantitative estimate of drug-likeness (QED) is 0.814. The van der Waals surface area contributed by atoms with E-state index in [2.05, 4.69) is 17.1 Å². The Morgan fingerprint density at radius 1 is 0.966 bits per heavy atom. The average molecular weight is 414 g/mol. The summed E-state index contributed by atoms with van der Waals surface area (Å²) in [6, 6.07) is 14.0. The number of carbonyl (C=O) groups excluding carboxylic acids is 1. The first kappa shape index (κ1) is 19.9. The highest BCUT2D eigenvalue weighted by Gasteiger charge is 2.27. The number of rotatable bonds is 5. The first-order valence-corrected chi connectivity index (χ1v) is 11.6. The molecule has 2 aliphatic heterocycles. The summed E-state index contributed by atoms with van der Waals surface area (Å²) >= 11 is 0. The van der Waals surface area contributed by atoms with Crippen molar-refractivity contribution in [1.29, 1.82) is 0 Å². The van der Waals surface area contributed by atoms with Crippen molar-refractivity contribution < 1.29 is 13.2 Å². The molecule has 1 unspecified atom stereocenters. The summed E-state index contributed by atoms with van der Waals surface area (Å²) in [7, 11) is -3.46. The summed E-state index contributed by atoms with van der Waals surface area (Å²) in [5, 5.41) is 2.88. The predicted molar refractivity (Wildman–Crippen MR) is 115 cm³/mol. The van der Waals surface area contributed by atoms with Crippen LogP contribution < -0.4 is 10.2 Å². The van der Waals surface area contributed by atoms with Gasteiger partial charge in [0.15, 0.2) is 0 Å². The van der Waals surface area contributed by atoms with Gasteiger partial charge in [0, 0.05) is 43.1 Å². The molecule has 6 nitrogen and oxygen atoms in total. The van der Waals surface area contributed by atoms with Crippen molar-refractivity contribution in [2.24, 2.45) is 5.92 Å². The van der Waals surface area contributed by atoms with Gasteiger partial charge >= 0.3 is 0 Å². The molecule has 1 atom stereocenters. The van der Waals surface area contributed by atoms with Gasteiger partial charge in [0.1, 0.15) is 0 Å². The van der Waals surface area contributed by atoms with E-state index in [1.807, 2.05) is 24.3 Å². The smallest absolute Gasteiger partial charge is 0.255 e. The van der Waals surface area contributed by atoms with E-state index in [1.165, 1.54) is 28.5 Å². The van der Waals surface area contributed by atoms with Gasteiger partial charge in [-0.15, -0.1) is 0 Å². The van der Waals surface area contributed by atoms with Crippen LogP contribution in [-0.4, -0.2) is 44.8 Å². The molecule has 0 aromatic heterocycles. The third-order valence-electron chi connectivity index (χ3n) is 5.73. The van der Waals surface area contributed by atoms with Gasteiger partial charge in [-0.2, -0.15) is 4.31 Å². The van der Waals surface area contributed by atoms with Crippen LogP contribution in [0.5, 0.6) is 0 Å². The van der Waals surface area contributed by atoms with Crippen molar-refractivity contribution in [3.8, 4) is 0 Å². The van der Waals surface area contributed by atoms with Crippen LogP contribution in [0.3, 0.4) is 0 Å². The molecule has 0 bridgehead atoms. The molecule has 1 N–H and O–H groups in total. The number of sulfonamides is 1. The van der Waals surface area contributed by atoms with Crippen molar-refractivity contribution >= 4 is 27.3 Å². The molecule has 2 aromatic rings. The fourth-order valence-electron chi connectivity index (χ4n) is 3.98. The third-order valence-corrected chi connectivity index (χ3v) is 7.65. The molecule has 4 rings (SSSR count). The van der Waals surface area contributed by atoms with Crippen molar-refractivity contribution in [3.63, 3.8) is 0 Å². The van der Waals surface area contributed by atoms with Crippen LogP contribution in [0.2, 0.25) is 0 Å². The van der Waals surface area contributed by atoms with Crippen LogP contribution in [0, 0.1) is 5.92 Å². The number of anilines is 2. The van der Waals surface area contributed by atoms with Crippen LogP contribution in [0.15, 0.2) is 53.4 Å². The highest BCUT2D eigenvalue weighted by atomic mass is 32.2. The Balaban J connectivity index is 1.41. The zero-order valence-electron chi connectivity index (χ0n) is 16.7. The SMILES string of the molecule is CC1CCN(c2ccc(NC(=O)c3ccc(S(=O)(=O)N4CCCC4)cc3)cc2)C1. The minimum Gasteiger partial charge on any atom is -0.371 e. The lowest BCUT2D eigenvalue weighted by Gasteiger charge is -2.18. The Hall–Kier alpha value is -2.38. The van der Waals surface area contributed by atoms with E-state index in [-0.39, 0.29) is 10.8 Å². The summed E-state index contributed by atoms with van der Waals surface area (Å²) < 4.78 is 26.7. The summed E-state index contributed by atoms with van der Waals surface area (Å²) in [6.07, 6.45) is 3.01. The van der Waals surface area contributed by atoms with Gasteiger partial charge in [0.25, 0.3) is 5.91 Å². The number of carbonyl (C=O) groups is 1. The topological polar surface area (TPSA) is 69.7 Å². The van der Waals surface area contributed by atoms with Gasteiger partial charge in [-0.3, -0.25) is 4.79 Å². The number of hydrogen-bond acceptors (Lipinski definition) is 4. The van der Waals surface area contributed by atoms with Gasteiger partial charge in [0.2, 0.25) is 10.0 Å². The van der Waals surface area contributed by atoms with Gasteiger partial charge in [-0.05, 0) is 73.7 Å². The van der Waals surface area contributed by atoms with E-state index in [4.69, 9.17) is 0 Å². The molecule has 0 aliphatic carbocycles. The minimum atomic E-state index is -3.46. The lowest BCUT2D eigenvalue weighted by atomic mass is 10.2. The molecule has 2 aliphatic rings. The number of benzene rings is 2. The average Bonchev–Trinajstić information content (AvgIpc) is 3.41. The molecule has 2 saturated heterocycles. The predicted octanol–water partition coefficient (Wildman–Crippen LogP) is 3.57. The van der Waals surface area contributed by atoms with Crippen LogP contribution in [0.1, 0.15) is 36.5 Å². The maximum atomic E-state index is 12.6. The van der Waals surface area contributed by atoms with Gasteiger partial charge in [0.05, 0.1) is 4.90 Å². The molecule has 154 valence electrons. The summed E-state index contributed by atoms with van der Waals surface area (Å²) in [5.74, 6) is 0.462. The number of amides is 1. The lowest BCUT2D eigenvalue weighted by Crippen LogP contribution is -2.27. The monoisotopic (exact) mass is 413 g/mol. The molecule has 2 aromatic carbocycles. The van der Waals surface area contributed by atoms with Gasteiger partial charge in [-0.25, -0.2) is 8.42 Å². The van der Waals surface area contributed by atoms with Gasteiger partial charge in [-0.1, -0.05) is 6.92 Å². The maximum absolute atomic E-state index is 12.6. The van der Waals surface area contributed by atoms with Crippen molar-refractivity contribution in [1.82, 2.24) is 4.31 Å². The fourth-order valence-corrected chi connectivity index (χ4v) is 5.50. The Labute approximate surface area is 172 Å². The number of nitrogens with one attached hydrogen (secondary N) is 1. The minimum absolute atomic E-state index is 0.236. The molecule has 1 amide bonds. The molecule has 0 saturated carbocycles. The Morgan fingerprint density at radius 3 is 2.21 bits per heavy atom. The molecule has 29 heavy (non-hydrogen) atoms. The Morgan fingerprint density at radius 2 is 1.62 bits per heavy atom. The van der Waals surface area contributed by atoms with E-state index in [0.29, 0.717) is 24.6 Å². The zero-order chi connectivity index (χ0) is 20.4. The van der Waals surface area contributed by atoms with Crippen molar-refractivity contribution in [2.45, 2.75) is 31.1 Å². The van der Waals surface area contributed by atoms with Crippen molar-refractivity contribution in [3.05, 3.63) is 54.1 Å². The second kappa shape index (κ2) is 8.16. The van der Waals surface area contributed by atoms with E-state index < -0.39 is 10.0 Å². The number of nitrogens with zero attached hydrogens (tertiary/aromatic N) is 2. The van der Waals surface area contributed by atoms with E-state index in [1.54, 1.807) is 12.1 Å². The second-order valence-electron chi connectivity index (χ2n) is 7.98. The van der Waals surface area contributed by atoms with Gasteiger partial charge < -0.3 is 10.2 Å². The molecule has 7 heteroatoms. The van der Waals surface area contributed by atoms with E-state index in [0.717, 1.165) is 31.6 Å². The second-order valence-corrected chi connectivity index (χ2v) is 9.91. The first-order valence-electron chi connectivity index (χ1n) is 10.2. The zero-order valence-corrected chi connectivity index (χ0v) is 17.5. The fraction of sp³-hybridized carbons (Fsp3) is 0.409. The largest absolute Gasteiger partial charge is 0.371 e. The Kier molecular flexibility index (Phi) is 5.61. The maximum Gasteiger partial charge on any atom is 0.255 e. The molecular formula is C22H27N3O3S. The first-order chi connectivity index (χ1) is 13.9. The summed E-state index contributed by atoms with van der Waals surface area (Å²) in [6.45, 7) is 5.53. The molecule has 2 fully saturated rings. The van der Waals surface area contributed by atoms with Crippen LogP contribution >= 0.6 is 0 Å². The molecule has 0 spiro atoms. The molecular weight excluding hydrogens is 386 g/mol. The standard InChI is InChI=1S/C22H27N3O3S/c1-17-12-15-24(16-17)20-8-6-19(7-9-20)23-22(26)18-4-10-21(11-5-18)29(27,28)25-13-2-3-14-25/h4-11,17H,2-3,12-16H2,1H3,(H,23,26). The Bertz CT molecular complexity index is 965. The highest BCUT2D eigenvalue weighted by molar-refractivity contribution is 7.89. The molecule has 0 radical (unpaired) electrons.